The molecule has 0 saturated heterocycles. The van der Waals surface area contributed by atoms with E-state index >= 15 is 0 Å². The molecule has 0 saturated carbocycles. The second-order valence-electron chi connectivity index (χ2n) is 8.34. The zero-order valence-electron chi connectivity index (χ0n) is 18.2. The molecule has 6 rings (SSSR count). The molecule has 4 nitrogen and oxygen atoms in total. The Morgan fingerprint density at radius 3 is 2.42 bits per heavy atom. The zero-order chi connectivity index (χ0) is 22.4. The summed E-state index contributed by atoms with van der Waals surface area (Å²) >= 11 is 0. The topological polar surface area (TPSA) is 36.2 Å². The van der Waals surface area contributed by atoms with E-state index in [1.807, 2.05) is 18.3 Å². The number of nitrogens with zero attached hydrogens (tertiary/aromatic N) is 2. The number of hydrogen-bond donors (Lipinski definition) is 0. The highest BCUT2D eigenvalue weighted by Crippen LogP contribution is 2.32. The average molecular weight is 431 g/mol. The third kappa shape index (κ3) is 3.46. The van der Waals surface area contributed by atoms with Crippen molar-refractivity contribution in [2.75, 3.05) is 0 Å². The smallest absolute Gasteiger partial charge is 0.308 e. The zero-order valence-corrected chi connectivity index (χ0v) is 18.2. The van der Waals surface area contributed by atoms with Crippen molar-refractivity contribution in [3.63, 3.8) is 0 Å². The van der Waals surface area contributed by atoms with Crippen LogP contribution in [0.3, 0.4) is 0 Å². The molecule has 2 heterocycles. The molecule has 4 aromatic carbocycles. The number of ether oxygens (including phenoxy) is 1. The van der Waals surface area contributed by atoms with Crippen LogP contribution in [0.4, 0.5) is 0 Å². The van der Waals surface area contributed by atoms with Crippen LogP contribution in [0.5, 0.6) is 5.75 Å². The number of fused-ring (bicyclic) bond motifs is 3. The summed E-state index contributed by atoms with van der Waals surface area (Å²) in [5.41, 5.74) is 4.39. The Morgan fingerprint density at radius 1 is 0.788 bits per heavy atom. The molecule has 0 N–H and O–H groups in total. The normalized spacial score (nSPS) is 11.4. The minimum absolute atomic E-state index is 0.323. The van der Waals surface area contributed by atoms with Crippen molar-refractivity contribution >= 4 is 38.5 Å². The first-order valence-corrected chi connectivity index (χ1v) is 11.0. The van der Waals surface area contributed by atoms with Gasteiger partial charge in [-0.3, -0.25) is 4.79 Å². The lowest BCUT2D eigenvalue weighted by molar-refractivity contribution is -0.131. The van der Waals surface area contributed by atoms with Gasteiger partial charge in [-0.1, -0.05) is 54.6 Å². The number of esters is 1. The fourth-order valence-electron chi connectivity index (χ4n) is 4.61. The van der Waals surface area contributed by atoms with E-state index in [1.54, 1.807) is 0 Å². The number of rotatable bonds is 4. The van der Waals surface area contributed by atoms with Crippen LogP contribution >= 0.6 is 0 Å². The molecule has 2 aromatic heterocycles. The maximum atomic E-state index is 11.8. The van der Waals surface area contributed by atoms with Crippen LogP contribution in [-0.2, 0) is 11.3 Å². The Kier molecular flexibility index (Phi) is 4.51. The molecule has 0 bridgehead atoms. The summed E-state index contributed by atoms with van der Waals surface area (Å²) in [6, 6.07) is 31.6. The van der Waals surface area contributed by atoms with Crippen molar-refractivity contribution in [1.82, 2.24) is 9.13 Å². The molecule has 0 atom stereocenters. The maximum absolute atomic E-state index is 11.8. The SMILES string of the molecule is CC(=O)Oc1cn(Cc2ccc3ccccc3c2)c2ccc(-n3ccc4ccccc43)cc12. The van der Waals surface area contributed by atoms with Crippen LogP contribution in [0.1, 0.15) is 12.5 Å². The first-order chi connectivity index (χ1) is 16.2. The molecule has 0 aliphatic rings. The van der Waals surface area contributed by atoms with Crippen LogP contribution in [0, 0.1) is 0 Å². The highest BCUT2D eigenvalue weighted by atomic mass is 16.5. The molecule has 0 radical (unpaired) electrons. The van der Waals surface area contributed by atoms with Crippen LogP contribution in [0.2, 0.25) is 0 Å². The molecular formula is C29H22N2O2. The van der Waals surface area contributed by atoms with E-state index in [4.69, 9.17) is 4.74 Å². The molecule has 0 aliphatic carbocycles. The van der Waals surface area contributed by atoms with Gasteiger partial charge in [0, 0.05) is 36.9 Å². The van der Waals surface area contributed by atoms with Gasteiger partial charge < -0.3 is 13.9 Å². The molecule has 0 unspecified atom stereocenters. The monoisotopic (exact) mass is 430 g/mol. The Balaban J connectivity index is 1.46. The van der Waals surface area contributed by atoms with Crippen LogP contribution < -0.4 is 4.74 Å². The Bertz CT molecular complexity index is 1660. The van der Waals surface area contributed by atoms with Gasteiger partial charge in [-0.15, -0.1) is 0 Å². The minimum atomic E-state index is -0.323. The molecule has 0 fully saturated rings. The number of benzene rings is 4. The molecule has 160 valence electrons. The summed E-state index contributed by atoms with van der Waals surface area (Å²) in [6.45, 7) is 2.13. The van der Waals surface area contributed by atoms with E-state index in [1.165, 1.54) is 28.6 Å². The molecule has 4 heteroatoms. The van der Waals surface area contributed by atoms with Crippen molar-refractivity contribution in [3.05, 3.63) is 109 Å². The summed E-state index contributed by atoms with van der Waals surface area (Å²) in [5.74, 6) is 0.258. The van der Waals surface area contributed by atoms with Crippen LogP contribution in [-0.4, -0.2) is 15.1 Å². The standard InChI is InChI=1S/C29H22N2O2/c1-20(32)33-29-19-30(18-21-10-11-22-6-2-3-8-24(22)16-21)28-13-12-25(17-26(28)29)31-15-14-23-7-4-5-9-27(23)31/h2-17,19H,18H2,1H3. The molecule has 0 spiro atoms. The number of aromatic nitrogens is 2. The van der Waals surface area contributed by atoms with E-state index in [9.17, 15) is 4.79 Å². The third-order valence-electron chi connectivity index (χ3n) is 6.13. The van der Waals surface area contributed by atoms with Gasteiger partial charge in [0.25, 0.3) is 0 Å². The predicted octanol–water partition coefficient (Wildman–Crippen LogP) is 6.71. The second kappa shape index (κ2) is 7.68. The first kappa shape index (κ1) is 19.4. The molecule has 0 aliphatic heterocycles. The van der Waals surface area contributed by atoms with Gasteiger partial charge in [0.2, 0.25) is 0 Å². The largest absolute Gasteiger partial charge is 0.424 e. The first-order valence-electron chi connectivity index (χ1n) is 11.0. The highest BCUT2D eigenvalue weighted by molar-refractivity contribution is 5.92. The molecule has 33 heavy (non-hydrogen) atoms. The van der Waals surface area contributed by atoms with Gasteiger partial charge in [0.1, 0.15) is 0 Å². The molecule has 0 amide bonds. The average Bonchev–Trinajstić information content (AvgIpc) is 3.40. The number of hydrogen-bond acceptors (Lipinski definition) is 2. The van der Waals surface area contributed by atoms with Crippen molar-refractivity contribution in [2.24, 2.45) is 0 Å². The molecule has 6 aromatic rings. The van der Waals surface area contributed by atoms with Gasteiger partial charge in [-0.2, -0.15) is 0 Å². The van der Waals surface area contributed by atoms with Gasteiger partial charge >= 0.3 is 5.97 Å². The lowest BCUT2D eigenvalue weighted by Gasteiger charge is -2.09. The number of carbonyl (C=O) groups excluding carboxylic acids is 1. The van der Waals surface area contributed by atoms with E-state index in [-0.39, 0.29) is 5.97 Å². The van der Waals surface area contributed by atoms with Crippen molar-refractivity contribution in [1.29, 1.82) is 0 Å². The Labute approximate surface area is 191 Å². The van der Waals surface area contributed by atoms with Crippen molar-refractivity contribution in [2.45, 2.75) is 13.5 Å². The van der Waals surface area contributed by atoms with Crippen LogP contribution in [0.15, 0.2) is 103 Å². The quantitative estimate of drug-likeness (QED) is 0.291. The Hall–Kier alpha value is -4.31. The van der Waals surface area contributed by atoms with Gasteiger partial charge in [0.05, 0.1) is 11.0 Å². The summed E-state index contributed by atoms with van der Waals surface area (Å²) in [6.07, 6.45) is 4.00. The highest BCUT2D eigenvalue weighted by Gasteiger charge is 2.14. The van der Waals surface area contributed by atoms with E-state index in [0.29, 0.717) is 12.3 Å². The van der Waals surface area contributed by atoms with E-state index < -0.39 is 0 Å². The summed E-state index contributed by atoms with van der Waals surface area (Å²) in [7, 11) is 0. The maximum Gasteiger partial charge on any atom is 0.308 e. The number of carbonyl (C=O) groups is 1. The van der Waals surface area contributed by atoms with Crippen molar-refractivity contribution < 1.29 is 9.53 Å². The lowest BCUT2D eigenvalue weighted by Crippen LogP contribution is -2.01. The fraction of sp³-hybridized carbons (Fsp3) is 0.0690. The Morgan fingerprint density at radius 2 is 1.58 bits per heavy atom. The van der Waals surface area contributed by atoms with Gasteiger partial charge in [-0.25, -0.2) is 0 Å². The van der Waals surface area contributed by atoms with Crippen molar-refractivity contribution in [3.8, 4) is 11.4 Å². The fourth-order valence-corrected chi connectivity index (χ4v) is 4.61. The summed E-state index contributed by atoms with van der Waals surface area (Å²) in [5, 5.41) is 4.55. The van der Waals surface area contributed by atoms with Gasteiger partial charge in [0.15, 0.2) is 5.75 Å². The summed E-state index contributed by atoms with van der Waals surface area (Å²) < 4.78 is 9.91. The van der Waals surface area contributed by atoms with E-state index in [2.05, 4.69) is 94.2 Å². The minimum Gasteiger partial charge on any atom is -0.424 e. The molecular weight excluding hydrogens is 408 g/mol. The number of para-hydroxylation sites is 1. The van der Waals surface area contributed by atoms with Gasteiger partial charge in [-0.05, 0) is 58.1 Å². The second-order valence-corrected chi connectivity index (χ2v) is 8.34. The predicted molar refractivity (Wildman–Crippen MR) is 133 cm³/mol. The third-order valence-corrected chi connectivity index (χ3v) is 6.13. The van der Waals surface area contributed by atoms with Crippen LogP contribution in [0.25, 0.3) is 38.3 Å². The summed E-state index contributed by atoms with van der Waals surface area (Å²) in [4.78, 5) is 11.8. The van der Waals surface area contributed by atoms with E-state index in [0.717, 1.165) is 22.1 Å². The lowest BCUT2D eigenvalue weighted by atomic mass is 10.1.